The average Bonchev–Trinajstić information content (AvgIpc) is 3.23. The molecule has 130 valence electrons. The van der Waals surface area contributed by atoms with Crippen LogP contribution in [-0.2, 0) is 11.3 Å². The SMILES string of the molecule is Cc1ccc(-c2csc(NC(=O)Cn3ccc4cc(Br)ccc43)n2)cc1. The topological polar surface area (TPSA) is 46.9 Å². The summed E-state index contributed by atoms with van der Waals surface area (Å²) >= 11 is 4.90. The second kappa shape index (κ2) is 7.05. The first-order valence-corrected chi connectivity index (χ1v) is 9.82. The Morgan fingerprint density at radius 1 is 1.19 bits per heavy atom. The highest BCUT2D eigenvalue weighted by Gasteiger charge is 2.10. The largest absolute Gasteiger partial charge is 0.338 e. The maximum absolute atomic E-state index is 12.4. The lowest BCUT2D eigenvalue weighted by Crippen LogP contribution is -2.18. The molecule has 26 heavy (non-hydrogen) atoms. The molecule has 6 heteroatoms. The van der Waals surface area contributed by atoms with E-state index >= 15 is 0 Å². The van der Waals surface area contributed by atoms with Crippen LogP contribution >= 0.6 is 27.3 Å². The Morgan fingerprint density at radius 3 is 2.81 bits per heavy atom. The molecular formula is C20H16BrN3OS. The Morgan fingerprint density at radius 2 is 2.00 bits per heavy atom. The van der Waals surface area contributed by atoms with Gasteiger partial charge in [0, 0.05) is 32.5 Å². The van der Waals surface area contributed by atoms with Gasteiger partial charge in [0.15, 0.2) is 5.13 Å². The van der Waals surface area contributed by atoms with Gasteiger partial charge < -0.3 is 9.88 Å². The van der Waals surface area contributed by atoms with E-state index in [2.05, 4.69) is 45.3 Å². The van der Waals surface area contributed by atoms with Crippen molar-refractivity contribution in [1.82, 2.24) is 9.55 Å². The second-order valence-corrected chi connectivity index (χ2v) is 7.87. The predicted molar refractivity (Wildman–Crippen MR) is 111 cm³/mol. The van der Waals surface area contributed by atoms with Crippen LogP contribution in [0.4, 0.5) is 5.13 Å². The Kier molecular flexibility index (Phi) is 4.61. The van der Waals surface area contributed by atoms with Crippen molar-refractivity contribution in [2.75, 3.05) is 5.32 Å². The molecule has 0 bridgehead atoms. The number of fused-ring (bicyclic) bond motifs is 1. The molecule has 0 radical (unpaired) electrons. The molecule has 0 saturated carbocycles. The first kappa shape index (κ1) is 17.0. The lowest BCUT2D eigenvalue weighted by molar-refractivity contribution is -0.116. The zero-order valence-electron chi connectivity index (χ0n) is 14.1. The Bertz CT molecular complexity index is 1080. The van der Waals surface area contributed by atoms with Crippen molar-refractivity contribution in [3.05, 3.63) is 70.1 Å². The van der Waals surface area contributed by atoms with Crippen molar-refractivity contribution < 1.29 is 4.79 Å². The molecule has 0 spiro atoms. The number of thiazole rings is 1. The fourth-order valence-corrected chi connectivity index (χ4v) is 3.93. The number of anilines is 1. The minimum absolute atomic E-state index is 0.0878. The summed E-state index contributed by atoms with van der Waals surface area (Å²) in [4.78, 5) is 16.9. The zero-order chi connectivity index (χ0) is 18.1. The molecule has 0 fully saturated rings. The average molecular weight is 426 g/mol. The molecule has 4 rings (SSSR count). The third kappa shape index (κ3) is 3.57. The van der Waals surface area contributed by atoms with E-state index in [1.165, 1.54) is 16.9 Å². The Balaban J connectivity index is 1.47. The van der Waals surface area contributed by atoms with E-state index in [-0.39, 0.29) is 12.5 Å². The van der Waals surface area contributed by atoms with Crippen LogP contribution in [0, 0.1) is 6.92 Å². The minimum Gasteiger partial charge on any atom is -0.338 e. The van der Waals surface area contributed by atoms with Gasteiger partial charge in [-0.2, -0.15) is 0 Å². The van der Waals surface area contributed by atoms with Crippen molar-refractivity contribution in [3.63, 3.8) is 0 Å². The van der Waals surface area contributed by atoms with Crippen molar-refractivity contribution in [2.45, 2.75) is 13.5 Å². The van der Waals surface area contributed by atoms with Crippen LogP contribution in [0.25, 0.3) is 22.2 Å². The van der Waals surface area contributed by atoms with Gasteiger partial charge in [0.2, 0.25) is 5.91 Å². The van der Waals surface area contributed by atoms with E-state index in [0.29, 0.717) is 5.13 Å². The summed E-state index contributed by atoms with van der Waals surface area (Å²) in [5, 5.41) is 6.57. The molecule has 4 nitrogen and oxygen atoms in total. The molecule has 2 heterocycles. The van der Waals surface area contributed by atoms with Crippen LogP contribution in [0.1, 0.15) is 5.56 Å². The van der Waals surface area contributed by atoms with E-state index < -0.39 is 0 Å². The summed E-state index contributed by atoms with van der Waals surface area (Å²) in [7, 11) is 0. The van der Waals surface area contributed by atoms with Gasteiger partial charge in [-0.3, -0.25) is 4.79 Å². The van der Waals surface area contributed by atoms with Crippen LogP contribution in [0.2, 0.25) is 0 Å². The second-order valence-electron chi connectivity index (χ2n) is 6.10. The number of hydrogen-bond donors (Lipinski definition) is 1. The molecule has 4 aromatic rings. The van der Waals surface area contributed by atoms with Crippen LogP contribution < -0.4 is 5.32 Å². The lowest BCUT2D eigenvalue weighted by Gasteiger charge is -2.05. The maximum atomic E-state index is 12.4. The number of nitrogens with one attached hydrogen (secondary N) is 1. The van der Waals surface area contributed by atoms with Gasteiger partial charge in [-0.1, -0.05) is 45.8 Å². The maximum Gasteiger partial charge on any atom is 0.246 e. The molecule has 2 aromatic heterocycles. The lowest BCUT2D eigenvalue weighted by atomic mass is 10.1. The first-order valence-electron chi connectivity index (χ1n) is 8.15. The van der Waals surface area contributed by atoms with E-state index in [1.54, 1.807) is 0 Å². The molecule has 0 aliphatic heterocycles. The van der Waals surface area contributed by atoms with Crippen LogP contribution in [0.3, 0.4) is 0 Å². The molecular weight excluding hydrogens is 410 g/mol. The van der Waals surface area contributed by atoms with Gasteiger partial charge in [-0.25, -0.2) is 4.98 Å². The monoisotopic (exact) mass is 425 g/mol. The normalized spacial score (nSPS) is 11.0. The van der Waals surface area contributed by atoms with Gasteiger partial charge in [-0.05, 0) is 31.2 Å². The molecule has 0 saturated heterocycles. The number of benzene rings is 2. The Hall–Kier alpha value is -2.44. The number of aromatic nitrogens is 2. The highest BCUT2D eigenvalue weighted by Crippen LogP contribution is 2.25. The number of carbonyl (C=O) groups is 1. The van der Waals surface area contributed by atoms with E-state index in [0.717, 1.165) is 26.6 Å². The number of amides is 1. The predicted octanol–water partition coefficient (Wildman–Crippen LogP) is 5.47. The number of nitrogens with zero attached hydrogens (tertiary/aromatic N) is 2. The van der Waals surface area contributed by atoms with Crippen molar-refractivity contribution in [3.8, 4) is 11.3 Å². The molecule has 0 aliphatic rings. The highest BCUT2D eigenvalue weighted by molar-refractivity contribution is 9.10. The molecule has 0 atom stereocenters. The van der Waals surface area contributed by atoms with Crippen molar-refractivity contribution >= 4 is 49.2 Å². The standard InChI is InChI=1S/C20H16BrN3OS/c1-13-2-4-14(5-3-13)17-12-26-20(22-17)23-19(25)11-24-9-8-15-10-16(21)6-7-18(15)24/h2-10,12H,11H2,1H3,(H,22,23,25). The molecule has 0 unspecified atom stereocenters. The van der Waals surface area contributed by atoms with Crippen LogP contribution in [-0.4, -0.2) is 15.5 Å². The summed E-state index contributed by atoms with van der Waals surface area (Å²) in [6.45, 7) is 2.31. The summed E-state index contributed by atoms with van der Waals surface area (Å²) in [5.41, 5.74) is 4.17. The minimum atomic E-state index is -0.0878. The van der Waals surface area contributed by atoms with Crippen molar-refractivity contribution in [2.24, 2.45) is 0 Å². The third-order valence-electron chi connectivity index (χ3n) is 4.14. The van der Waals surface area contributed by atoms with E-state index in [9.17, 15) is 4.79 Å². The quantitative estimate of drug-likeness (QED) is 0.470. The highest BCUT2D eigenvalue weighted by atomic mass is 79.9. The number of aryl methyl sites for hydroxylation is 1. The summed E-state index contributed by atoms with van der Waals surface area (Å²) in [6.07, 6.45) is 1.93. The summed E-state index contributed by atoms with van der Waals surface area (Å²) in [5.74, 6) is -0.0878. The van der Waals surface area contributed by atoms with Crippen LogP contribution in [0.5, 0.6) is 0 Å². The summed E-state index contributed by atoms with van der Waals surface area (Å²) in [6, 6.07) is 16.2. The number of halogens is 1. The number of hydrogen-bond acceptors (Lipinski definition) is 3. The Labute approximate surface area is 163 Å². The van der Waals surface area contributed by atoms with Gasteiger partial charge in [0.1, 0.15) is 6.54 Å². The number of carbonyl (C=O) groups excluding carboxylic acids is 1. The first-order chi connectivity index (χ1) is 12.6. The molecule has 2 aromatic carbocycles. The summed E-state index contributed by atoms with van der Waals surface area (Å²) < 4.78 is 2.96. The van der Waals surface area contributed by atoms with Gasteiger partial charge >= 0.3 is 0 Å². The van der Waals surface area contributed by atoms with E-state index in [1.807, 2.05) is 52.5 Å². The molecule has 1 N–H and O–H groups in total. The van der Waals surface area contributed by atoms with Gasteiger partial charge in [-0.15, -0.1) is 11.3 Å². The van der Waals surface area contributed by atoms with Crippen molar-refractivity contribution in [1.29, 1.82) is 0 Å². The number of rotatable bonds is 4. The fourth-order valence-electron chi connectivity index (χ4n) is 2.81. The van der Waals surface area contributed by atoms with Crippen LogP contribution in [0.15, 0.2) is 64.6 Å². The smallest absolute Gasteiger partial charge is 0.246 e. The van der Waals surface area contributed by atoms with E-state index in [4.69, 9.17) is 0 Å². The van der Waals surface area contributed by atoms with Gasteiger partial charge in [0.05, 0.1) is 5.69 Å². The third-order valence-corrected chi connectivity index (χ3v) is 5.40. The zero-order valence-corrected chi connectivity index (χ0v) is 16.5. The molecule has 0 aliphatic carbocycles. The molecule has 1 amide bonds. The fraction of sp³-hybridized carbons (Fsp3) is 0.100. The van der Waals surface area contributed by atoms with Gasteiger partial charge in [0.25, 0.3) is 0 Å².